The molecule has 1 saturated heterocycles. The second-order valence-electron chi connectivity index (χ2n) is 4.02. The molecule has 0 radical (unpaired) electrons. The molecule has 0 bridgehead atoms. The van der Waals surface area contributed by atoms with E-state index in [9.17, 15) is 9.18 Å². The van der Waals surface area contributed by atoms with Gasteiger partial charge in [-0.25, -0.2) is 4.39 Å². The third-order valence-electron chi connectivity index (χ3n) is 2.92. The SMILES string of the molecule is O=CCC1CNC(c2ccc(F)cc2)C1. The number of aldehydes is 1. The third kappa shape index (κ3) is 2.42. The quantitative estimate of drug-likeness (QED) is 0.769. The Labute approximate surface area is 88.5 Å². The van der Waals surface area contributed by atoms with Crippen molar-refractivity contribution in [1.29, 1.82) is 0 Å². The van der Waals surface area contributed by atoms with Gasteiger partial charge in [0.05, 0.1) is 0 Å². The van der Waals surface area contributed by atoms with Crippen molar-refractivity contribution in [2.45, 2.75) is 18.9 Å². The molecule has 15 heavy (non-hydrogen) atoms. The number of carbonyl (C=O) groups excluding carboxylic acids is 1. The first kappa shape index (κ1) is 10.3. The van der Waals surface area contributed by atoms with Crippen molar-refractivity contribution >= 4 is 6.29 Å². The van der Waals surface area contributed by atoms with Crippen molar-refractivity contribution in [1.82, 2.24) is 5.32 Å². The summed E-state index contributed by atoms with van der Waals surface area (Å²) in [6, 6.07) is 6.83. The lowest BCUT2D eigenvalue weighted by Crippen LogP contribution is -2.13. The molecule has 3 heteroatoms. The number of hydrogen-bond acceptors (Lipinski definition) is 2. The van der Waals surface area contributed by atoms with Gasteiger partial charge in [0, 0.05) is 12.5 Å². The fraction of sp³-hybridized carbons (Fsp3) is 0.417. The standard InChI is InChI=1S/C12H14FNO/c13-11-3-1-10(2-4-11)12-7-9(5-6-15)8-14-12/h1-4,6,9,12,14H,5,7-8H2. The van der Waals surface area contributed by atoms with Gasteiger partial charge in [0.25, 0.3) is 0 Å². The average molecular weight is 207 g/mol. The summed E-state index contributed by atoms with van der Waals surface area (Å²) in [7, 11) is 0. The highest BCUT2D eigenvalue weighted by molar-refractivity contribution is 5.50. The van der Waals surface area contributed by atoms with Gasteiger partial charge in [-0.05, 0) is 36.6 Å². The van der Waals surface area contributed by atoms with Gasteiger partial charge >= 0.3 is 0 Å². The molecule has 1 fully saturated rings. The van der Waals surface area contributed by atoms with Crippen LogP contribution in [0.1, 0.15) is 24.4 Å². The molecule has 2 rings (SSSR count). The van der Waals surface area contributed by atoms with E-state index in [0.29, 0.717) is 12.3 Å². The summed E-state index contributed by atoms with van der Waals surface area (Å²) in [5, 5.41) is 3.35. The molecule has 0 aliphatic carbocycles. The van der Waals surface area contributed by atoms with Crippen molar-refractivity contribution in [2.75, 3.05) is 6.54 Å². The average Bonchev–Trinajstić information content (AvgIpc) is 2.68. The van der Waals surface area contributed by atoms with E-state index in [1.807, 2.05) is 0 Å². The van der Waals surface area contributed by atoms with Crippen LogP contribution in [0.2, 0.25) is 0 Å². The monoisotopic (exact) mass is 207 g/mol. The Balaban J connectivity index is 2.01. The fourth-order valence-corrected chi connectivity index (χ4v) is 2.07. The van der Waals surface area contributed by atoms with Crippen LogP contribution < -0.4 is 5.32 Å². The Morgan fingerprint density at radius 2 is 2.13 bits per heavy atom. The van der Waals surface area contributed by atoms with Gasteiger partial charge < -0.3 is 10.1 Å². The fourth-order valence-electron chi connectivity index (χ4n) is 2.07. The molecule has 0 aromatic heterocycles. The highest BCUT2D eigenvalue weighted by atomic mass is 19.1. The summed E-state index contributed by atoms with van der Waals surface area (Å²) in [5.74, 6) is 0.221. The molecule has 0 spiro atoms. The van der Waals surface area contributed by atoms with E-state index in [2.05, 4.69) is 5.32 Å². The maximum Gasteiger partial charge on any atom is 0.123 e. The molecule has 1 aliphatic heterocycles. The molecular weight excluding hydrogens is 193 g/mol. The lowest BCUT2D eigenvalue weighted by atomic mass is 9.98. The molecule has 2 atom stereocenters. The first-order chi connectivity index (χ1) is 7.29. The van der Waals surface area contributed by atoms with Crippen molar-refractivity contribution in [2.24, 2.45) is 5.92 Å². The second-order valence-corrected chi connectivity index (χ2v) is 4.02. The molecule has 80 valence electrons. The van der Waals surface area contributed by atoms with E-state index in [-0.39, 0.29) is 11.9 Å². The number of carbonyl (C=O) groups is 1. The van der Waals surface area contributed by atoms with Gasteiger partial charge in [-0.1, -0.05) is 12.1 Å². The Bertz CT molecular complexity index is 336. The van der Waals surface area contributed by atoms with E-state index < -0.39 is 0 Å². The number of rotatable bonds is 3. The Morgan fingerprint density at radius 3 is 2.80 bits per heavy atom. The van der Waals surface area contributed by atoms with E-state index in [1.54, 1.807) is 12.1 Å². The summed E-state index contributed by atoms with van der Waals surface area (Å²) < 4.78 is 12.7. The van der Waals surface area contributed by atoms with Crippen LogP contribution in [0, 0.1) is 11.7 Å². The van der Waals surface area contributed by atoms with Crippen molar-refractivity contribution in [3.05, 3.63) is 35.6 Å². The second kappa shape index (κ2) is 4.53. The molecular formula is C12H14FNO. The lowest BCUT2D eigenvalue weighted by molar-refractivity contribution is -0.108. The minimum absolute atomic E-state index is 0.207. The molecule has 1 aromatic carbocycles. The molecule has 0 saturated carbocycles. The Morgan fingerprint density at radius 1 is 1.40 bits per heavy atom. The van der Waals surface area contributed by atoms with E-state index >= 15 is 0 Å². The predicted molar refractivity (Wildman–Crippen MR) is 55.9 cm³/mol. The van der Waals surface area contributed by atoms with Crippen LogP contribution in [-0.4, -0.2) is 12.8 Å². The van der Waals surface area contributed by atoms with Crippen LogP contribution in [0.15, 0.2) is 24.3 Å². The summed E-state index contributed by atoms with van der Waals surface area (Å²) >= 11 is 0. The largest absolute Gasteiger partial charge is 0.310 e. The number of nitrogens with one attached hydrogen (secondary N) is 1. The maximum absolute atomic E-state index is 12.7. The zero-order valence-electron chi connectivity index (χ0n) is 8.45. The normalized spacial score (nSPS) is 25.4. The Hall–Kier alpha value is -1.22. The van der Waals surface area contributed by atoms with Crippen LogP contribution in [0.5, 0.6) is 0 Å². The first-order valence-corrected chi connectivity index (χ1v) is 5.22. The summed E-state index contributed by atoms with van der Waals surface area (Å²) in [5.41, 5.74) is 1.10. The number of hydrogen-bond donors (Lipinski definition) is 1. The van der Waals surface area contributed by atoms with E-state index in [0.717, 1.165) is 24.8 Å². The zero-order valence-corrected chi connectivity index (χ0v) is 8.45. The first-order valence-electron chi connectivity index (χ1n) is 5.22. The van der Waals surface area contributed by atoms with E-state index in [4.69, 9.17) is 0 Å². The maximum atomic E-state index is 12.7. The van der Waals surface area contributed by atoms with Crippen molar-refractivity contribution < 1.29 is 9.18 Å². The predicted octanol–water partition coefficient (Wildman–Crippen LogP) is 2.07. The minimum Gasteiger partial charge on any atom is -0.310 e. The van der Waals surface area contributed by atoms with Gasteiger partial charge in [-0.15, -0.1) is 0 Å². The highest BCUT2D eigenvalue weighted by Gasteiger charge is 2.24. The van der Waals surface area contributed by atoms with Crippen molar-refractivity contribution in [3.63, 3.8) is 0 Å². The van der Waals surface area contributed by atoms with Crippen LogP contribution >= 0.6 is 0 Å². The zero-order chi connectivity index (χ0) is 10.7. The lowest BCUT2D eigenvalue weighted by Gasteiger charge is -2.10. The molecule has 2 unspecified atom stereocenters. The van der Waals surface area contributed by atoms with Crippen LogP contribution in [0.25, 0.3) is 0 Å². The molecule has 1 heterocycles. The molecule has 1 aromatic rings. The minimum atomic E-state index is -0.207. The summed E-state index contributed by atoms with van der Waals surface area (Å²) in [6.07, 6.45) is 2.55. The molecule has 1 aliphatic rings. The molecule has 1 N–H and O–H groups in total. The number of halogens is 1. The van der Waals surface area contributed by atoms with Gasteiger partial charge in [0.15, 0.2) is 0 Å². The molecule has 2 nitrogen and oxygen atoms in total. The highest BCUT2D eigenvalue weighted by Crippen LogP contribution is 2.28. The van der Waals surface area contributed by atoms with E-state index in [1.165, 1.54) is 12.1 Å². The van der Waals surface area contributed by atoms with Crippen LogP contribution in [0.4, 0.5) is 4.39 Å². The van der Waals surface area contributed by atoms with Gasteiger partial charge in [-0.2, -0.15) is 0 Å². The number of benzene rings is 1. The van der Waals surface area contributed by atoms with Crippen LogP contribution in [-0.2, 0) is 4.79 Å². The summed E-state index contributed by atoms with van der Waals surface area (Å²) in [6.45, 7) is 0.876. The van der Waals surface area contributed by atoms with Gasteiger partial charge in [0.1, 0.15) is 12.1 Å². The van der Waals surface area contributed by atoms with Gasteiger partial charge in [-0.3, -0.25) is 0 Å². The smallest absolute Gasteiger partial charge is 0.123 e. The Kier molecular flexibility index (Phi) is 3.11. The topological polar surface area (TPSA) is 29.1 Å². The van der Waals surface area contributed by atoms with Gasteiger partial charge in [0.2, 0.25) is 0 Å². The van der Waals surface area contributed by atoms with Crippen molar-refractivity contribution in [3.8, 4) is 0 Å². The molecule has 0 amide bonds. The third-order valence-corrected chi connectivity index (χ3v) is 2.92. The summed E-state index contributed by atoms with van der Waals surface area (Å²) in [4.78, 5) is 10.4. The van der Waals surface area contributed by atoms with Crippen LogP contribution in [0.3, 0.4) is 0 Å².